The Labute approximate surface area is 223 Å². The van der Waals surface area contributed by atoms with Crippen molar-refractivity contribution in [1.82, 2.24) is 5.32 Å². The number of benzene rings is 1. The molecule has 1 saturated heterocycles. The lowest BCUT2D eigenvalue weighted by molar-refractivity contribution is -0.901. The van der Waals surface area contributed by atoms with E-state index in [0.717, 1.165) is 42.5 Å². The maximum Gasteiger partial charge on any atom is 0.412 e. The number of esters is 1. The number of carbonyl (C=O) groups is 3. The first-order chi connectivity index (χ1) is 17.4. The zero-order chi connectivity index (χ0) is 26.9. The Balaban J connectivity index is 0.00000316. The van der Waals surface area contributed by atoms with Gasteiger partial charge in [-0.2, -0.15) is 0 Å². The van der Waals surface area contributed by atoms with E-state index in [-0.39, 0.29) is 17.8 Å². The number of halogens is 1. The fourth-order valence-corrected chi connectivity index (χ4v) is 4.27. The molecule has 1 aliphatic heterocycles. The van der Waals surface area contributed by atoms with Gasteiger partial charge in [-0.3, -0.25) is 4.79 Å². The maximum absolute atomic E-state index is 13.2. The minimum atomic E-state index is -1.01. The number of nitrogens with one attached hydrogen (secondary N) is 2. The molecule has 0 aromatic heterocycles. The average molecular weight is 565 g/mol. The fraction of sp³-hybridized carbons (Fsp3) is 0.464. The van der Waals surface area contributed by atoms with Crippen molar-refractivity contribution >= 4 is 33.8 Å². The molecular weight excluding hydrogens is 524 g/mol. The maximum atomic E-state index is 13.2. The van der Waals surface area contributed by atoms with Gasteiger partial charge >= 0.3 is 12.1 Å². The fourth-order valence-electron chi connectivity index (χ4n) is 4.27. The molecule has 1 fully saturated rings. The first-order valence-electron chi connectivity index (χ1n) is 12.3. The van der Waals surface area contributed by atoms with E-state index in [1.165, 1.54) is 0 Å². The number of hydrogen-bond acceptors (Lipinski definition) is 5. The second-order valence-corrected chi connectivity index (χ2v) is 8.36. The first kappa shape index (κ1) is 31.3. The van der Waals surface area contributed by atoms with Crippen LogP contribution in [0.1, 0.15) is 51.6 Å². The van der Waals surface area contributed by atoms with Crippen LogP contribution >= 0.6 is 15.9 Å². The summed E-state index contributed by atoms with van der Waals surface area (Å²) in [6.45, 7) is 11.1. The zero-order valence-corrected chi connectivity index (χ0v) is 23.4. The van der Waals surface area contributed by atoms with Crippen molar-refractivity contribution in [3.8, 4) is 0 Å². The van der Waals surface area contributed by atoms with Gasteiger partial charge in [-0.05, 0) is 31.2 Å². The monoisotopic (exact) mass is 563 g/mol. The van der Waals surface area contributed by atoms with Crippen LogP contribution in [0.15, 0.2) is 67.0 Å². The molecular formula is C28H40BrN2O5+. The molecule has 198 valence electrons. The summed E-state index contributed by atoms with van der Waals surface area (Å²) in [7, 11) is 0. The van der Waals surface area contributed by atoms with E-state index in [9.17, 15) is 14.4 Å². The number of alkyl halides is 1. The molecule has 1 amide bonds. The third-order valence-electron chi connectivity index (χ3n) is 6.00. The summed E-state index contributed by atoms with van der Waals surface area (Å²) in [6, 6.07) is 7.89. The number of likely N-dealkylation sites (tertiary alicyclic amines) is 1. The molecule has 0 radical (unpaired) electrons. The molecule has 1 heterocycles. The van der Waals surface area contributed by atoms with Crippen molar-refractivity contribution in [1.29, 1.82) is 0 Å². The van der Waals surface area contributed by atoms with Gasteiger partial charge in [-0.15, -0.1) is 0 Å². The van der Waals surface area contributed by atoms with Crippen LogP contribution in [0.3, 0.4) is 0 Å². The molecule has 8 heteroatoms. The lowest BCUT2D eigenvalue weighted by Gasteiger charge is -2.35. The normalized spacial score (nSPS) is 20.5. The van der Waals surface area contributed by atoms with Crippen molar-refractivity contribution in [3.63, 3.8) is 0 Å². The third kappa shape index (κ3) is 10.1. The third-order valence-corrected chi connectivity index (χ3v) is 6.00. The Hall–Kier alpha value is -2.71. The van der Waals surface area contributed by atoms with E-state index in [0.29, 0.717) is 18.7 Å². The summed E-state index contributed by atoms with van der Waals surface area (Å²) >= 11 is 2.94. The number of ether oxygens (including phenoxy) is 2. The van der Waals surface area contributed by atoms with E-state index in [1.54, 1.807) is 24.3 Å². The summed E-state index contributed by atoms with van der Waals surface area (Å²) in [5, 5.41) is 2.56. The number of piperidine rings is 1. The number of carbonyl (C=O) groups excluding carboxylic acids is 3. The smallest absolute Gasteiger partial charge is 0.412 e. The highest BCUT2D eigenvalue weighted by molar-refractivity contribution is 9.08. The molecule has 0 bridgehead atoms. The molecule has 1 aromatic carbocycles. The number of Topliss-reactive ketones (excluding diaryl/α,β-unsaturated/α-hetero) is 1. The van der Waals surface area contributed by atoms with Crippen molar-refractivity contribution in [3.05, 3.63) is 72.5 Å². The SMILES string of the molecule is C=COC(=O)NC(C(=O)O[C@H]1C[NH+](CC(=O)C(/C=C\C)=C/CC)CCC1CC)c1ccccc1.CBr. The predicted molar refractivity (Wildman–Crippen MR) is 146 cm³/mol. The highest BCUT2D eigenvalue weighted by atomic mass is 79.9. The second-order valence-electron chi connectivity index (χ2n) is 8.36. The minimum Gasteiger partial charge on any atom is -0.454 e. The second kappa shape index (κ2) is 17.7. The number of amides is 1. The highest BCUT2D eigenvalue weighted by Gasteiger charge is 2.37. The number of hydrogen-bond donors (Lipinski definition) is 2. The van der Waals surface area contributed by atoms with E-state index in [4.69, 9.17) is 9.47 Å². The Morgan fingerprint density at radius 1 is 1.22 bits per heavy atom. The van der Waals surface area contributed by atoms with Gasteiger partial charge in [0.2, 0.25) is 5.78 Å². The molecule has 1 aliphatic rings. The number of ketones is 1. The number of allylic oxidation sites excluding steroid dienone is 3. The number of alkyl carbamates (subject to hydrolysis) is 1. The van der Waals surface area contributed by atoms with E-state index >= 15 is 0 Å². The summed E-state index contributed by atoms with van der Waals surface area (Å²) < 4.78 is 10.7. The van der Waals surface area contributed by atoms with Crippen LogP contribution in [0.5, 0.6) is 0 Å². The van der Waals surface area contributed by atoms with Crippen molar-refractivity contribution in [2.75, 3.05) is 25.5 Å². The summed E-state index contributed by atoms with van der Waals surface area (Å²) in [4.78, 5) is 39.2. The van der Waals surface area contributed by atoms with E-state index < -0.39 is 18.1 Å². The Morgan fingerprint density at radius 3 is 2.50 bits per heavy atom. The van der Waals surface area contributed by atoms with Crippen LogP contribution in [-0.2, 0) is 19.1 Å². The standard InChI is InChI=1S/C27H36N2O5.CH3Br/c1-5-12-21(13-6-2)23(30)18-29-17-16-20(7-3)24(19-29)34-26(31)25(28-27(32)33-8-4)22-14-10-9-11-15-22;1-2/h5,8-15,20,24-25H,4,6-7,16-19H2,1-3H3,(H,28,32);1H3/p+1/b12-5-,21-13+;/t20?,24-,25?;/m0./s1. The summed E-state index contributed by atoms with van der Waals surface area (Å²) in [5.74, 6) is 1.54. The van der Waals surface area contributed by atoms with Crippen LogP contribution < -0.4 is 10.2 Å². The van der Waals surface area contributed by atoms with Crippen molar-refractivity contribution in [2.45, 2.75) is 52.2 Å². The highest BCUT2D eigenvalue weighted by Crippen LogP contribution is 2.22. The number of rotatable bonds is 11. The molecule has 0 spiro atoms. The van der Waals surface area contributed by atoms with Crippen LogP contribution in [0, 0.1) is 5.92 Å². The molecule has 7 nitrogen and oxygen atoms in total. The van der Waals surface area contributed by atoms with Crippen LogP contribution in [0.4, 0.5) is 4.79 Å². The molecule has 0 saturated carbocycles. The molecule has 0 aliphatic carbocycles. The van der Waals surface area contributed by atoms with Crippen LogP contribution in [0.25, 0.3) is 0 Å². The van der Waals surface area contributed by atoms with E-state index in [2.05, 4.69) is 34.7 Å². The minimum absolute atomic E-state index is 0.0889. The Kier molecular flexibility index (Phi) is 15.4. The average Bonchev–Trinajstić information content (AvgIpc) is 2.89. The molecule has 36 heavy (non-hydrogen) atoms. The number of quaternary nitrogens is 1. The zero-order valence-electron chi connectivity index (χ0n) is 21.8. The molecule has 1 aromatic rings. The topological polar surface area (TPSA) is 86.1 Å². The van der Waals surface area contributed by atoms with Gasteiger partial charge < -0.3 is 19.7 Å². The molecule has 3 unspecified atom stereocenters. The lowest BCUT2D eigenvalue weighted by Crippen LogP contribution is -3.15. The Morgan fingerprint density at radius 2 is 1.92 bits per heavy atom. The summed E-state index contributed by atoms with van der Waals surface area (Å²) in [5.41, 5.74) is 1.31. The summed E-state index contributed by atoms with van der Waals surface area (Å²) in [6.07, 6.45) is 8.04. The van der Waals surface area contributed by atoms with E-state index in [1.807, 2.05) is 44.0 Å². The largest absolute Gasteiger partial charge is 0.454 e. The van der Waals surface area contributed by atoms with Gasteiger partial charge in [0.1, 0.15) is 13.1 Å². The van der Waals surface area contributed by atoms with Gasteiger partial charge in [0, 0.05) is 17.9 Å². The van der Waals surface area contributed by atoms with Gasteiger partial charge in [0.15, 0.2) is 12.1 Å². The van der Waals surface area contributed by atoms with Crippen molar-refractivity contribution in [2.24, 2.45) is 5.92 Å². The van der Waals surface area contributed by atoms with Gasteiger partial charge in [0.05, 0.1) is 12.8 Å². The predicted octanol–water partition coefficient (Wildman–Crippen LogP) is 4.32. The Bertz CT molecular complexity index is 900. The van der Waals surface area contributed by atoms with Crippen LogP contribution in [-0.4, -0.2) is 49.4 Å². The van der Waals surface area contributed by atoms with Gasteiger partial charge in [-0.1, -0.05) is 84.9 Å². The van der Waals surface area contributed by atoms with Gasteiger partial charge in [-0.25, -0.2) is 9.59 Å². The molecule has 2 N–H and O–H groups in total. The van der Waals surface area contributed by atoms with Gasteiger partial charge in [0.25, 0.3) is 0 Å². The molecule has 4 atom stereocenters. The first-order valence-corrected chi connectivity index (χ1v) is 13.9. The lowest BCUT2D eigenvalue weighted by atomic mass is 9.91. The van der Waals surface area contributed by atoms with Crippen LogP contribution in [0.2, 0.25) is 0 Å². The van der Waals surface area contributed by atoms with Crippen molar-refractivity contribution < 1.29 is 28.8 Å². The quantitative estimate of drug-likeness (QED) is 0.138. The molecule has 2 rings (SSSR count).